The van der Waals surface area contributed by atoms with Gasteiger partial charge in [-0.15, -0.1) is 0 Å². The Morgan fingerprint density at radius 1 is 1.29 bits per heavy atom. The lowest BCUT2D eigenvalue weighted by molar-refractivity contribution is 0.102. The predicted molar refractivity (Wildman–Crippen MR) is 81.9 cm³/mol. The average Bonchev–Trinajstić information content (AvgIpc) is 3.11. The van der Waals surface area contributed by atoms with E-state index in [9.17, 15) is 4.79 Å². The first-order valence-electron chi connectivity index (χ1n) is 6.36. The largest absolute Gasteiger partial charge is 0.322 e. The van der Waals surface area contributed by atoms with E-state index in [4.69, 9.17) is 11.6 Å². The first-order chi connectivity index (χ1) is 10.1. The van der Waals surface area contributed by atoms with Gasteiger partial charge in [-0.3, -0.25) is 9.48 Å². The minimum Gasteiger partial charge on any atom is -0.322 e. The number of amides is 1. The highest BCUT2D eigenvalue weighted by Crippen LogP contribution is 2.22. The van der Waals surface area contributed by atoms with Gasteiger partial charge in [0.2, 0.25) is 0 Å². The van der Waals surface area contributed by atoms with Crippen LogP contribution >= 0.6 is 11.6 Å². The number of carbonyl (C=O) groups is 1. The van der Waals surface area contributed by atoms with Crippen molar-refractivity contribution in [1.82, 2.24) is 14.3 Å². The number of rotatable bonds is 3. The standard InChI is InChI=1S/C15H13ClN4O/c1-19-10-12(9-17-19)18-15(21)11-4-5-13(16)14(8-11)20-6-2-3-7-20/h2-10H,1H3,(H,18,21). The zero-order valence-electron chi connectivity index (χ0n) is 11.3. The fraction of sp³-hybridized carbons (Fsp3) is 0.0667. The molecule has 2 heterocycles. The maximum Gasteiger partial charge on any atom is 0.255 e. The summed E-state index contributed by atoms with van der Waals surface area (Å²) in [5.74, 6) is -0.201. The van der Waals surface area contributed by atoms with Gasteiger partial charge in [-0.1, -0.05) is 11.6 Å². The fourth-order valence-electron chi connectivity index (χ4n) is 2.04. The molecule has 1 amide bonds. The van der Waals surface area contributed by atoms with Gasteiger partial charge in [0.25, 0.3) is 5.91 Å². The second-order valence-corrected chi connectivity index (χ2v) is 5.02. The molecule has 5 nitrogen and oxygen atoms in total. The van der Waals surface area contributed by atoms with Gasteiger partial charge < -0.3 is 9.88 Å². The van der Waals surface area contributed by atoms with Crippen molar-refractivity contribution < 1.29 is 4.79 Å². The van der Waals surface area contributed by atoms with E-state index < -0.39 is 0 Å². The summed E-state index contributed by atoms with van der Waals surface area (Å²) in [5.41, 5.74) is 1.95. The number of benzene rings is 1. The van der Waals surface area contributed by atoms with Crippen molar-refractivity contribution in [3.05, 3.63) is 65.7 Å². The van der Waals surface area contributed by atoms with Crippen LogP contribution in [0.25, 0.3) is 5.69 Å². The molecule has 0 unspecified atom stereocenters. The molecule has 0 saturated carbocycles. The Morgan fingerprint density at radius 3 is 2.71 bits per heavy atom. The van der Waals surface area contributed by atoms with Gasteiger partial charge in [-0.05, 0) is 30.3 Å². The summed E-state index contributed by atoms with van der Waals surface area (Å²) in [6.45, 7) is 0. The van der Waals surface area contributed by atoms with Gasteiger partial charge in [0.15, 0.2) is 0 Å². The molecule has 2 aromatic heterocycles. The molecule has 3 aromatic rings. The Morgan fingerprint density at radius 2 is 2.05 bits per heavy atom. The summed E-state index contributed by atoms with van der Waals surface area (Å²) >= 11 is 6.19. The van der Waals surface area contributed by atoms with Gasteiger partial charge in [0, 0.05) is 31.2 Å². The summed E-state index contributed by atoms with van der Waals surface area (Å²) in [7, 11) is 1.79. The number of hydrogen-bond donors (Lipinski definition) is 1. The quantitative estimate of drug-likeness (QED) is 0.808. The number of aryl methyl sites for hydroxylation is 1. The molecule has 0 saturated heterocycles. The molecule has 0 radical (unpaired) electrons. The summed E-state index contributed by atoms with van der Waals surface area (Å²) in [6, 6.07) is 8.97. The molecule has 21 heavy (non-hydrogen) atoms. The van der Waals surface area contributed by atoms with E-state index in [1.807, 2.05) is 29.1 Å². The molecule has 0 aliphatic rings. The SMILES string of the molecule is Cn1cc(NC(=O)c2ccc(Cl)c(-n3cccc3)c2)cn1. The number of nitrogens with zero attached hydrogens (tertiary/aromatic N) is 3. The fourth-order valence-corrected chi connectivity index (χ4v) is 2.25. The Labute approximate surface area is 126 Å². The number of carbonyl (C=O) groups excluding carboxylic acids is 1. The molecule has 0 bridgehead atoms. The molecule has 0 atom stereocenters. The lowest BCUT2D eigenvalue weighted by atomic mass is 10.2. The highest BCUT2D eigenvalue weighted by Gasteiger charge is 2.11. The Bertz CT molecular complexity index is 777. The average molecular weight is 301 g/mol. The molecular formula is C15H13ClN4O. The van der Waals surface area contributed by atoms with Gasteiger partial charge in [0.1, 0.15) is 0 Å². The van der Waals surface area contributed by atoms with Crippen LogP contribution in [0.5, 0.6) is 0 Å². The number of halogens is 1. The van der Waals surface area contributed by atoms with E-state index in [1.165, 1.54) is 0 Å². The van der Waals surface area contributed by atoms with Gasteiger partial charge in [-0.2, -0.15) is 5.10 Å². The molecule has 3 rings (SSSR count). The first-order valence-corrected chi connectivity index (χ1v) is 6.74. The van der Waals surface area contributed by atoms with Crippen LogP contribution in [0.15, 0.2) is 55.1 Å². The van der Waals surface area contributed by atoms with Crippen molar-refractivity contribution in [2.24, 2.45) is 7.05 Å². The molecule has 1 N–H and O–H groups in total. The van der Waals surface area contributed by atoms with Crippen molar-refractivity contribution in [2.75, 3.05) is 5.32 Å². The van der Waals surface area contributed by atoms with Gasteiger partial charge in [0.05, 0.1) is 22.6 Å². The van der Waals surface area contributed by atoms with Crippen LogP contribution in [0, 0.1) is 0 Å². The number of nitrogens with one attached hydrogen (secondary N) is 1. The molecule has 0 aliphatic carbocycles. The molecular weight excluding hydrogens is 288 g/mol. The topological polar surface area (TPSA) is 51.9 Å². The molecule has 0 fully saturated rings. The predicted octanol–water partition coefficient (Wildman–Crippen LogP) is 3.12. The molecule has 0 aliphatic heterocycles. The summed E-state index contributed by atoms with van der Waals surface area (Å²) in [4.78, 5) is 12.3. The normalized spacial score (nSPS) is 10.6. The van der Waals surface area contributed by atoms with Crippen molar-refractivity contribution in [3.63, 3.8) is 0 Å². The second kappa shape index (κ2) is 5.46. The summed E-state index contributed by atoms with van der Waals surface area (Å²) < 4.78 is 3.49. The van der Waals surface area contributed by atoms with Crippen molar-refractivity contribution in [3.8, 4) is 5.69 Å². The third-order valence-electron chi connectivity index (χ3n) is 3.05. The van der Waals surface area contributed by atoms with Crippen LogP contribution in [-0.2, 0) is 7.05 Å². The minimum atomic E-state index is -0.201. The zero-order chi connectivity index (χ0) is 14.8. The lowest BCUT2D eigenvalue weighted by Crippen LogP contribution is -2.12. The smallest absolute Gasteiger partial charge is 0.255 e. The van der Waals surface area contributed by atoms with Crippen molar-refractivity contribution >= 4 is 23.2 Å². The van der Waals surface area contributed by atoms with Crippen LogP contribution < -0.4 is 5.32 Å². The van der Waals surface area contributed by atoms with Crippen LogP contribution in [0.3, 0.4) is 0 Å². The maximum atomic E-state index is 12.3. The van der Waals surface area contributed by atoms with Crippen LogP contribution in [0.4, 0.5) is 5.69 Å². The number of hydrogen-bond acceptors (Lipinski definition) is 2. The lowest BCUT2D eigenvalue weighted by Gasteiger charge is -2.09. The second-order valence-electron chi connectivity index (χ2n) is 4.61. The Hall–Kier alpha value is -2.53. The molecule has 106 valence electrons. The van der Waals surface area contributed by atoms with Crippen molar-refractivity contribution in [2.45, 2.75) is 0 Å². The van der Waals surface area contributed by atoms with E-state index in [2.05, 4.69) is 10.4 Å². The van der Waals surface area contributed by atoms with Crippen LogP contribution in [-0.4, -0.2) is 20.3 Å². The summed E-state index contributed by atoms with van der Waals surface area (Å²) in [5, 5.41) is 7.40. The molecule has 1 aromatic carbocycles. The van der Waals surface area contributed by atoms with Crippen LogP contribution in [0.1, 0.15) is 10.4 Å². The van der Waals surface area contributed by atoms with E-state index in [1.54, 1.807) is 42.3 Å². The van der Waals surface area contributed by atoms with E-state index >= 15 is 0 Å². The van der Waals surface area contributed by atoms with Crippen LogP contribution in [0.2, 0.25) is 5.02 Å². The zero-order valence-corrected chi connectivity index (χ0v) is 12.1. The number of anilines is 1. The minimum absolute atomic E-state index is 0.201. The Balaban J connectivity index is 1.89. The van der Waals surface area contributed by atoms with E-state index in [-0.39, 0.29) is 5.91 Å². The first kappa shape index (κ1) is 13.5. The van der Waals surface area contributed by atoms with Gasteiger partial charge >= 0.3 is 0 Å². The highest BCUT2D eigenvalue weighted by atomic mass is 35.5. The monoisotopic (exact) mass is 300 g/mol. The summed E-state index contributed by atoms with van der Waals surface area (Å²) in [6.07, 6.45) is 7.09. The van der Waals surface area contributed by atoms with Gasteiger partial charge in [-0.25, -0.2) is 0 Å². The Kier molecular flexibility index (Phi) is 3.50. The molecule has 0 spiro atoms. The number of aromatic nitrogens is 3. The third kappa shape index (κ3) is 2.83. The molecule has 6 heteroatoms. The highest BCUT2D eigenvalue weighted by molar-refractivity contribution is 6.32. The van der Waals surface area contributed by atoms with E-state index in [0.29, 0.717) is 16.3 Å². The maximum absolute atomic E-state index is 12.3. The van der Waals surface area contributed by atoms with Crippen molar-refractivity contribution in [1.29, 1.82) is 0 Å². The van der Waals surface area contributed by atoms with E-state index in [0.717, 1.165) is 5.69 Å². The third-order valence-corrected chi connectivity index (χ3v) is 3.37.